The van der Waals surface area contributed by atoms with Gasteiger partial charge in [-0.2, -0.15) is 8.42 Å². The lowest BCUT2D eigenvalue weighted by Crippen LogP contribution is -2.37. The van der Waals surface area contributed by atoms with Crippen LogP contribution in [0.3, 0.4) is 0 Å². The van der Waals surface area contributed by atoms with Crippen LogP contribution >= 0.6 is 0 Å². The molecule has 0 unspecified atom stereocenters. The van der Waals surface area contributed by atoms with E-state index in [9.17, 15) is 8.42 Å². The average Bonchev–Trinajstić information content (AvgIpc) is 2.28. The van der Waals surface area contributed by atoms with Gasteiger partial charge in [0.05, 0.1) is 19.0 Å². The monoisotopic (exact) mass is 266 g/mol. The molecule has 1 saturated heterocycles. The van der Waals surface area contributed by atoms with Crippen molar-refractivity contribution < 1.29 is 17.7 Å². The van der Waals surface area contributed by atoms with Crippen LogP contribution in [0.15, 0.2) is 0 Å². The van der Waals surface area contributed by atoms with Crippen molar-refractivity contribution in [1.29, 1.82) is 0 Å². The van der Waals surface area contributed by atoms with Crippen LogP contribution in [-0.4, -0.2) is 69.6 Å². The summed E-state index contributed by atoms with van der Waals surface area (Å²) in [7, 11) is -3.80. The second-order valence-electron chi connectivity index (χ2n) is 4.20. The van der Waals surface area contributed by atoms with Crippen molar-refractivity contribution in [3.8, 4) is 0 Å². The van der Waals surface area contributed by atoms with Gasteiger partial charge in [-0.05, 0) is 32.5 Å². The zero-order valence-corrected chi connectivity index (χ0v) is 10.9. The topological polar surface area (TPSA) is 78.9 Å². The van der Waals surface area contributed by atoms with Crippen molar-refractivity contribution in [2.45, 2.75) is 12.8 Å². The lowest BCUT2D eigenvalue weighted by molar-refractivity contribution is 0.0375. The zero-order valence-electron chi connectivity index (χ0n) is 10.1. The van der Waals surface area contributed by atoms with Crippen LogP contribution in [0.5, 0.6) is 0 Å². The molecule has 1 aliphatic rings. The van der Waals surface area contributed by atoms with Gasteiger partial charge in [0, 0.05) is 13.1 Å². The Kier molecular flexibility index (Phi) is 6.98. The summed E-state index contributed by atoms with van der Waals surface area (Å²) in [5.74, 6) is -0.163. The highest BCUT2D eigenvalue weighted by Gasteiger charge is 2.08. The minimum atomic E-state index is -3.80. The molecule has 0 radical (unpaired) electrons. The maximum Gasteiger partial charge on any atom is 0.264 e. The Morgan fingerprint density at radius 1 is 1.18 bits per heavy atom. The summed E-state index contributed by atoms with van der Waals surface area (Å²) in [6.07, 6.45) is 1.50. The summed E-state index contributed by atoms with van der Waals surface area (Å²) in [5, 5.41) is 3.16. The molecule has 0 aromatic rings. The molecule has 1 rings (SSSR count). The Morgan fingerprint density at radius 3 is 2.47 bits per heavy atom. The van der Waals surface area contributed by atoms with Crippen molar-refractivity contribution in [3.05, 3.63) is 0 Å². The molecule has 1 aliphatic heterocycles. The van der Waals surface area contributed by atoms with Crippen LogP contribution in [-0.2, 0) is 14.9 Å². The standard InChI is InChI=1S/C10H22N2O4S/c13-17(14,15)10-2-4-11-3-1-5-12-6-8-16-9-7-12/h11H,1-10H2,(H,13,14,15). The number of hydrogen-bond donors (Lipinski definition) is 2. The summed E-state index contributed by atoms with van der Waals surface area (Å²) in [4.78, 5) is 2.36. The molecule has 102 valence electrons. The van der Waals surface area contributed by atoms with Crippen molar-refractivity contribution in [3.63, 3.8) is 0 Å². The summed E-state index contributed by atoms with van der Waals surface area (Å²) in [6, 6.07) is 0. The molecule has 7 heteroatoms. The van der Waals surface area contributed by atoms with E-state index in [1.807, 2.05) is 0 Å². The van der Waals surface area contributed by atoms with Crippen LogP contribution < -0.4 is 5.32 Å². The Labute approximate surface area is 103 Å². The predicted octanol–water partition coefficient (Wildman–Crippen LogP) is -0.424. The van der Waals surface area contributed by atoms with Gasteiger partial charge in [0.1, 0.15) is 0 Å². The molecule has 0 amide bonds. The molecule has 2 N–H and O–H groups in total. The molecule has 0 saturated carbocycles. The lowest BCUT2D eigenvalue weighted by Gasteiger charge is -2.26. The van der Waals surface area contributed by atoms with E-state index in [4.69, 9.17) is 9.29 Å². The van der Waals surface area contributed by atoms with Gasteiger partial charge in [-0.25, -0.2) is 0 Å². The Morgan fingerprint density at radius 2 is 1.82 bits per heavy atom. The van der Waals surface area contributed by atoms with E-state index in [-0.39, 0.29) is 5.75 Å². The van der Waals surface area contributed by atoms with Gasteiger partial charge in [-0.1, -0.05) is 0 Å². The fraction of sp³-hybridized carbons (Fsp3) is 1.00. The third-order valence-corrected chi connectivity index (χ3v) is 3.49. The van der Waals surface area contributed by atoms with Gasteiger partial charge in [0.25, 0.3) is 10.1 Å². The molecule has 1 fully saturated rings. The number of rotatable bonds is 8. The quantitative estimate of drug-likeness (QED) is 0.459. The number of nitrogens with one attached hydrogen (secondary N) is 1. The third kappa shape index (κ3) is 8.50. The SMILES string of the molecule is O=S(=O)(O)CCCNCCCN1CCOCC1. The number of nitrogens with zero attached hydrogens (tertiary/aromatic N) is 1. The highest BCUT2D eigenvalue weighted by Crippen LogP contribution is 1.97. The molecule has 1 heterocycles. The normalized spacial score (nSPS) is 18.4. The van der Waals surface area contributed by atoms with Crippen molar-refractivity contribution in [1.82, 2.24) is 10.2 Å². The third-order valence-electron chi connectivity index (χ3n) is 2.69. The van der Waals surface area contributed by atoms with Crippen LogP contribution in [0.4, 0.5) is 0 Å². The first kappa shape index (κ1) is 14.8. The molecule has 0 aromatic carbocycles. The van der Waals surface area contributed by atoms with Crippen LogP contribution in [0.1, 0.15) is 12.8 Å². The molecule has 0 aliphatic carbocycles. The molecule has 0 aromatic heterocycles. The first-order chi connectivity index (χ1) is 8.08. The molecule has 0 spiro atoms. The molecular weight excluding hydrogens is 244 g/mol. The van der Waals surface area contributed by atoms with E-state index >= 15 is 0 Å². The summed E-state index contributed by atoms with van der Waals surface area (Å²) in [5.41, 5.74) is 0. The maximum absolute atomic E-state index is 10.4. The summed E-state index contributed by atoms with van der Waals surface area (Å²) >= 11 is 0. The maximum atomic E-state index is 10.4. The van der Waals surface area contributed by atoms with Crippen LogP contribution in [0.25, 0.3) is 0 Å². The molecule has 17 heavy (non-hydrogen) atoms. The van der Waals surface area contributed by atoms with Crippen LogP contribution in [0, 0.1) is 0 Å². The highest BCUT2D eigenvalue weighted by atomic mass is 32.2. The van der Waals surface area contributed by atoms with Crippen molar-refractivity contribution >= 4 is 10.1 Å². The number of morpholine rings is 1. The molecule has 0 bridgehead atoms. The second-order valence-corrected chi connectivity index (χ2v) is 5.77. The largest absolute Gasteiger partial charge is 0.379 e. The molecule has 0 atom stereocenters. The van der Waals surface area contributed by atoms with Crippen molar-refractivity contribution in [2.24, 2.45) is 0 Å². The molecule has 6 nitrogen and oxygen atoms in total. The van der Waals surface area contributed by atoms with Gasteiger partial charge < -0.3 is 10.1 Å². The first-order valence-electron chi connectivity index (χ1n) is 6.04. The van der Waals surface area contributed by atoms with E-state index in [0.29, 0.717) is 13.0 Å². The Balaban J connectivity index is 1.87. The van der Waals surface area contributed by atoms with Gasteiger partial charge in [-0.15, -0.1) is 0 Å². The number of hydrogen-bond acceptors (Lipinski definition) is 5. The van der Waals surface area contributed by atoms with E-state index in [1.165, 1.54) is 0 Å². The summed E-state index contributed by atoms with van der Waals surface area (Å²) < 4.78 is 34.6. The van der Waals surface area contributed by atoms with E-state index in [0.717, 1.165) is 45.8 Å². The lowest BCUT2D eigenvalue weighted by atomic mass is 10.3. The minimum Gasteiger partial charge on any atom is -0.379 e. The van der Waals surface area contributed by atoms with Gasteiger partial charge in [0.15, 0.2) is 0 Å². The van der Waals surface area contributed by atoms with E-state index in [1.54, 1.807) is 0 Å². The van der Waals surface area contributed by atoms with E-state index < -0.39 is 10.1 Å². The van der Waals surface area contributed by atoms with Crippen molar-refractivity contribution in [2.75, 3.05) is 51.7 Å². The minimum absolute atomic E-state index is 0.163. The predicted molar refractivity (Wildman–Crippen MR) is 65.8 cm³/mol. The first-order valence-corrected chi connectivity index (χ1v) is 7.65. The summed E-state index contributed by atoms with van der Waals surface area (Å²) in [6.45, 7) is 6.20. The number of ether oxygens (including phenoxy) is 1. The fourth-order valence-corrected chi connectivity index (χ4v) is 2.27. The fourth-order valence-electron chi connectivity index (χ4n) is 1.76. The van der Waals surface area contributed by atoms with E-state index in [2.05, 4.69) is 10.2 Å². The molecular formula is C10H22N2O4S. The van der Waals surface area contributed by atoms with Gasteiger partial charge in [0.2, 0.25) is 0 Å². The van der Waals surface area contributed by atoms with Gasteiger partial charge >= 0.3 is 0 Å². The zero-order chi connectivity index (χ0) is 12.6. The highest BCUT2D eigenvalue weighted by molar-refractivity contribution is 7.85. The van der Waals surface area contributed by atoms with Crippen LogP contribution in [0.2, 0.25) is 0 Å². The Bertz CT molecular complexity index is 289. The average molecular weight is 266 g/mol. The second kappa shape index (κ2) is 7.99. The Hall–Kier alpha value is -0.210. The smallest absolute Gasteiger partial charge is 0.264 e. The van der Waals surface area contributed by atoms with Gasteiger partial charge in [-0.3, -0.25) is 9.45 Å².